The van der Waals surface area contributed by atoms with Crippen LogP contribution in [0.25, 0.3) is 16.6 Å². The molecular formula is C23H26F2N8O2. The second-order valence-corrected chi connectivity index (χ2v) is 9.02. The van der Waals surface area contributed by atoms with Crippen molar-refractivity contribution in [2.24, 2.45) is 0 Å². The lowest BCUT2D eigenvalue weighted by molar-refractivity contribution is 0.0702. The Bertz CT molecular complexity index is 1400. The van der Waals surface area contributed by atoms with Crippen molar-refractivity contribution in [3.05, 3.63) is 53.4 Å². The lowest BCUT2D eigenvalue weighted by atomic mass is 10.1. The number of nitrogen functional groups attached to an aromatic ring is 1. The molecule has 3 N–H and O–H groups in total. The van der Waals surface area contributed by atoms with Crippen LogP contribution in [-0.4, -0.2) is 58.6 Å². The van der Waals surface area contributed by atoms with Gasteiger partial charge >= 0.3 is 0 Å². The first-order chi connectivity index (χ1) is 16.5. The van der Waals surface area contributed by atoms with Gasteiger partial charge in [0.15, 0.2) is 17.3 Å². The number of halogens is 2. The summed E-state index contributed by atoms with van der Waals surface area (Å²) in [6.07, 6.45) is 4.50. The highest BCUT2D eigenvalue weighted by Crippen LogP contribution is 2.24. The van der Waals surface area contributed by atoms with Crippen LogP contribution in [0.2, 0.25) is 0 Å². The molecule has 0 unspecified atom stereocenters. The number of fused-ring (bicyclic) bond motifs is 3. The summed E-state index contributed by atoms with van der Waals surface area (Å²) in [5, 5.41) is 14.5. The first kappa shape index (κ1) is 24.3. The molecule has 0 aliphatic rings. The van der Waals surface area contributed by atoms with Crippen LogP contribution in [-0.2, 0) is 12.0 Å². The third kappa shape index (κ3) is 4.87. The third-order valence-corrected chi connectivity index (χ3v) is 5.87. The molecule has 3 heterocycles. The zero-order valence-electron chi connectivity index (χ0n) is 19.8. The molecule has 1 amide bonds. The molecule has 0 aliphatic heterocycles. The Balaban J connectivity index is 1.43. The van der Waals surface area contributed by atoms with E-state index < -0.39 is 17.2 Å². The largest absolute Gasteiger partial charge is 0.384 e. The molecule has 3 aromatic heterocycles. The fourth-order valence-electron chi connectivity index (χ4n) is 3.69. The molecule has 10 nitrogen and oxygen atoms in total. The molecule has 184 valence electrons. The average molecular weight is 485 g/mol. The lowest BCUT2D eigenvalue weighted by Crippen LogP contribution is -2.35. The number of aryl methyl sites for hydroxylation is 1. The quantitative estimate of drug-likeness (QED) is 0.409. The van der Waals surface area contributed by atoms with E-state index in [9.17, 15) is 18.7 Å². The summed E-state index contributed by atoms with van der Waals surface area (Å²) in [4.78, 5) is 31.0. The summed E-state index contributed by atoms with van der Waals surface area (Å²) >= 11 is 0. The van der Waals surface area contributed by atoms with Crippen molar-refractivity contribution < 1.29 is 18.7 Å². The second-order valence-electron chi connectivity index (χ2n) is 9.02. The number of hydrogen-bond acceptors (Lipinski definition) is 8. The van der Waals surface area contributed by atoms with Gasteiger partial charge < -0.3 is 15.7 Å². The van der Waals surface area contributed by atoms with Gasteiger partial charge in [-0.25, -0.2) is 23.7 Å². The lowest BCUT2D eigenvalue weighted by Gasteiger charge is -2.24. The van der Waals surface area contributed by atoms with Crippen molar-refractivity contribution in [1.82, 2.24) is 34.4 Å². The normalized spacial score (nSPS) is 12.9. The highest BCUT2D eigenvalue weighted by Gasteiger charge is 2.22. The fourth-order valence-corrected chi connectivity index (χ4v) is 3.69. The van der Waals surface area contributed by atoms with Gasteiger partial charge in [-0.05, 0) is 39.7 Å². The van der Waals surface area contributed by atoms with E-state index in [1.54, 1.807) is 25.8 Å². The average Bonchev–Trinajstić information content (AvgIpc) is 3.23. The highest BCUT2D eigenvalue weighted by molar-refractivity contribution is 5.93. The molecule has 0 aliphatic carbocycles. The number of carbonyl (C=O) groups excluding carboxylic acids is 1. The van der Waals surface area contributed by atoms with Crippen LogP contribution in [0.15, 0.2) is 24.5 Å². The number of nitrogens with two attached hydrogens (primary N) is 1. The zero-order chi connectivity index (χ0) is 25.5. The number of carbonyl (C=O) groups is 1. The van der Waals surface area contributed by atoms with E-state index >= 15 is 0 Å². The van der Waals surface area contributed by atoms with Crippen LogP contribution >= 0.6 is 0 Å². The molecule has 0 spiro atoms. The topological polar surface area (TPSA) is 135 Å². The van der Waals surface area contributed by atoms with Crippen LogP contribution in [0, 0.1) is 11.6 Å². The number of anilines is 1. The Hall–Kier alpha value is -3.80. The molecule has 4 rings (SSSR count). The number of hydrogen-bond donors (Lipinski definition) is 2. The Morgan fingerprint density at radius 1 is 1.23 bits per heavy atom. The van der Waals surface area contributed by atoms with Crippen LogP contribution in [0.1, 0.15) is 55.6 Å². The Kier molecular flexibility index (Phi) is 6.32. The minimum atomic E-state index is -1.14. The van der Waals surface area contributed by atoms with Gasteiger partial charge in [0.2, 0.25) is 5.95 Å². The zero-order valence-corrected chi connectivity index (χ0v) is 19.8. The van der Waals surface area contributed by atoms with Crippen LogP contribution in [0.3, 0.4) is 0 Å². The van der Waals surface area contributed by atoms with Crippen LogP contribution in [0.5, 0.6) is 0 Å². The van der Waals surface area contributed by atoms with Crippen molar-refractivity contribution in [3.8, 4) is 0 Å². The van der Waals surface area contributed by atoms with Gasteiger partial charge in [-0.15, -0.1) is 5.10 Å². The number of amides is 1. The van der Waals surface area contributed by atoms with Crippen molar-refractivity contribution >= 4 is 28.4 Å². The van der Waals surface area contributed by atoms with Gasteiger partial charge in [0, 0.05) is 25.6 Å². The predicted octanol–water partition coefficient (Wildman–Crippen LogP) is 2.64. The fraction of sp³-hybridized carbons (Fsp3) is 0.391. The molecular weight excluding hydrogens is 458 g/mol. The van der Waals surface area contributed by atoms with E-state index in [2.05, 4.69) is 25.0 Å². The van der Waals surface area contributed by atoms with Gasteiger partial charge in [-0.3, -0.25) is 9.78 Å². The third-order valence-electron chi connectivity index (χ3n) is 5.87. The Morgan fingerprint density at radius 3 is 2.63 bits per heavy atom. The van der Waals surface area contributed by atoms with Gasteiger partial charge in [0.1, 0.15) is 22.6 Å². The number of nitrogens with zero attached hydrogens (tertiary/aromatic N) is 7. The van der Waals surface area contributed by atoms with E-state index in [-0.39, 0.29) is 40.1 Å². The molecule has 0 saturated heterocycles. The van der Waals surface area contributed by atoms with Crippen molar-refractivity contribution in [2.75, 3.05) is 12.8 Å². The minimum absolute atomic E-state index is 0.0489. The first-order valence-corrected chi connectivity index (χ1v) is 11.1. The summed E-state index contributed by atoms with van der Waals surface area (Å²) in [6, 6.07) is 1.78. The summed E-state index contributed by atoms with van der Waals surface area (Å²) < 4.78 is 29.1. The van der Waals surface area contributed by atoms with E-state index in [0.717, 1.165) is 12.1 Å². The first-order valence-electron chi connectivity index (χ1n) is 11.1. The second kappa shape index (κ2) is 9.10. The number of aliphatic hydroxyl groups is 1. The number of rotatable bonds is 7. The van der Waals surface area contributed by atoms with E-state index in [1.165, 1.54) is 16.9 Å². The van der Waals surface area contributed by atoms with Gasteiger partial charge in [-0.2, -0.15) is 4.52 Å². The van der Waals surface area contributed by atoms with E-state index in [4.69, 9.17) is 5.73 Å². The van der Waals surface area contributed by atoms with E-state index in [0.29, 0.717) is 30.8 Å². The summed E-state index contributed by atoms with van der Waals surface area (Å²) in [6.45, 7) is 5.09. The maximum atomic E-state index is 14.1. The molecule has 1 atom stereocenters. The summed E-state index contributed by atoms with van der Waals surface area (Å²) in [5.41, 5.74) is 5.48. The molecule has 0 fully saturated rings. The molecule has 12 heteroatoms. The minimum Gasteiger partial charge on any atom is -0.384 e. The maximum absolute atomic E-state index is 14.1. The van der Waals surface area contributed by atoms with Crippen molar-refractivity contribution in [1.29, 1.82) is 0 Å². The summed E-state index contributed by atoms with van der Waals surface area (Å²) in [7, 11) is 1.68. The maximum Gasteiger partial charge on any atom is 0.274 e. The Labute approximate surface area is 199 Å². The smallest absolute Gasteiger partial charge is 0.274 e. The van der Waals surface area contributed by atoms with Crippen molar-refractivity contribution in [2.45, 2.75) is 51.7 Å². The molecule has 4 aromatic rings. The molecule has 0 radical (unpaired) electrons. The molecule has 35 heavy (non-hydrogen) atoms. The summed E-state index contributed by atoms with van der Waals surface area (Å²) in [5.74, 6) is -1.45. The van der Waals surface area contributed by atoms with Gasteiger partial charge in [0.25, 0.3) is 5.91 Å². The monoisotopic (exact) mass is 484 g/mol. The van der Waals surface area contributed by atoms with Gasteiger partial charge in [-0.1, -0.05) is 0 Å². The number of benzene rings is 1. The SMILES string of the molecule is C[C@@H](CCCc1nc2c3cc(F)cc(F)c3nc(N)n2n1)N(C)C(=O)c1cnc(C(C)(C)O)cn1. The molecule has 1 aromatic carbocycles. The van der Waals surface area contributed by atoms with Crippen LogP contribution in [0.4, 0.5) is 14.7 Å². The molecule has 0 saturated carbocycles. The van der Waals surface area contributed by atoms with E-state index in [1.807, 2.05) is 6.92 Å². The van der Waals surface area contributed by atoms with Gasteiger partial charge in [0.05, 0.1) is 23.5 Å². The highest BCUT2D eigenvalue weighted by atomic mass is 19.1. The standard InChI is InChI=1S/C23H26F2N8O2/c1-12(32(4)21(34)16-10-28-17(11-27-16)23(2,3)35)6-5-7-18-29-20-14-8-13(24)9-15(25)19(14)30-22(26)33(20)31-18/h8-12,35H,5-7H2,1-4H3,(H2,26,30)/t12-/m0/s1. The predicted molar refractivity (Wildman–Crippen MR) is 124 cm³/mol. The Morgan fingerprint density at radius 2 is 1.97 bits per heavy atom. The van der Waals surface area contributed by atoms with Crippen LogP contribution < -0.4 is 5.73 Å². The number of aromatic nitrogens is 6. The molecule has 0 bridgehead atoms. The van der Waals surface area contributed by atoms with Crippen molar-refractivity contribution in [3.63, 3.8) is 0 Å².